The minimum absolute atomic E-state index is 0.125. The summed E-state index contributed by atoms with van der Waals surface area (Å²) in [6.45, 7) is -2.60. The summed E-state index contributed by atoms with van der Waals surface area (Å²) in [7, 11) is 0. The van der Waals surface area contributed by atoms with Crippen LogP contribution in [0, 0.1) is 5.41 Å². The molecule has 0 heterocycles. The molecule has 9 nitrogen and oxygen atoms in total. The maximum Gasteiger partial charge on any atom is 0.100 e. The van der Waals surface area contributed by atoms with Crippen molar-refractivity contribution < 1.29 is 46.0 Å². The zero-order chi connectivity index (χ0) is 15.7. The Kier molecular flexibility index (Phi) is 22.0. The summed E-state index contributed by atoms with van der Waals surface area (Å²) in [4.78, 5) is 0. The van der Waals surface area contributed by atoms with Gasteiger partial charge >= 0.3 is 0 Å². The van der Waals surface area contributed by atoms with Crippen LogP contribution < -0.4 is 0 Å². The number of hydrogen-bond acceptors (Lipinski definition) is 9. The average Bonchev–Trinajstić information content (AvgIpc) is 2.50. The Balaban J connectivity index is -0.000000222. The number of hydrogen-bond donors (Lipinski definition) is 9. The molecule has 0 bridgehead atoms. The Morgan fingerprint density at radius 2 is 0.842 bits per heavy atom. The van der Waals surface area contributed by atoms with Crippen molar-refractivity contribution in [3.63, 3.8) is 0 Å². The molecule has 0 fully saturated rings. The number of aliphatic hydroxyl groups excluding tert-OH is 9. The zero-order valence-corrected chi connectivity index (χ0v) is 10.8. The summed E-state index contributed by atoms with van der Waals surface area (Å²) in [5.74, 6) is 0. The van der Waals surface area contributed by atoms with Gasteiger partial charge in [0.25, 0.3) is 0 Å². The fourth-order valence-corrected chi connectivity index (χ4v) is 0.358. The van der Waals surface area contributed by atoms with Gasteiger partial charge in [0, 0.05) is 0 Å². The lowest BCUT2D eigenvalue weighted by Crippen LogP contribution is -2.37. The van der Waals surface area contributed by atoms with E-state index >= 15 is 0 Å². The van der Waals surface area contributed by atoms with Crippen molar-refractivity contribution in [1.82, 2.24) is 0 Å². The van der Waals surface area contributed by atoms with Gasteiger partial charge in [0.2, 0.25) is 0 Å². The second-order valence-corrected chi connectivity index (χ2v) is 3.60. The van der Waals surface area contributed by atoms with E-state index < -0.39 is 37.9 Å². The largest absolute Gasteiger partial charge is 0.396 e. The quantitative estimate of drug-likeness (QED) is 0.222. The molecule has 120 valence electrons. The minimum atomic E-state index is -1.11. The van der Waals surface area contributed by atoms with Gasteiger partial charge in [0.1, 0.15) is 6.10 Å². The van der Waals surface area contributed by atoms with E-state index in [0.29, 0.717) is 0 Å². The van der Waals surface area contributed by atoms with Crippen LogP contribution in [0.1, 0.15) is 0 Å². The number of rotatable bonds is 7. The summed E-state index contributed by atoms with van der Waals surface area (Å²) in [5.41, 5.74) is -1.11. The van der Waals surface area contributed by atoms with Gasteiger partial charge in [-0.25, -0.2) is 0 Å². The Hall–Kier alpha value is -0.360. The van der Waals surface area contributed by atoms with E-state index in [0.717, 1.165) is 0 Å². The van der Waals surface area contributed by atoms with Gasteiger partial charge in [-0.05, 0) is 0 Å². The van der Waals surface area contributed by atoms with Crippen LogP contribution in [0.25, 0.3) is 0 Å². The third kappa shape index (κ3) is 15.6. The molecule has 0 aromatic rings. The molecule has 9 N–H and O–H groups in total. The summed E-state index contributed by atoms with van der Waals surface area (Å²) >= 11 is 0. The van der Waals surface area contributed by atoms with Crippen LogP contribution in [0.2, 0.25) is 0 Å². The number of aliphatic hydroxyl groups is 9. The van der Waals surface area contributed by atoms with E-state index in [1.54, 1.807) is 0 Å². The van der Waals surface area contributed by atoms with Crippen LogP contribution in [0.5, 0.6) is 0 Å². The first kappa shape index (κ1) is 23.7. The molecule has 19 heavy (non-hydrogen) atoms. The lowest BCUT2D eigenvalue weighted by Gasteiger charge is -2.23. The lowest BCUT2D eigenvalue weighted by molar-refractivity contribution is -0.0328. The molecule has 0 unspecified atom stereocenters. The monoisotopic (exact) mass is 290 g/mol. The summed E-state index contributed by atoms with van der Waals surface area (Å²) in [6.07, 6.45) is -0.954. The fourth-order valence-electron chi connectivity index (χ4n) is 0.358. The molecule has 0 aliphatic rings. The molecule has 0 saturated heterocycles. The van der Waals surface area contributed by atoms with E-state index in [4.69, 9.17) is 46.0 Å². The smallest absolute Gasteiger partial charge is 0.100 e. The van der Waals surface area contributed by atoms with Crippen molar-refractivity contribution in [3.8, 4) is 0 Å². The van der Waals surface area contributed by atoms with Crippen molar-refractivity contribution >= 4 is 0 Å². The Morgan fingerprint density at radius 1 is 0.579 bits per heavy atom. The molecule has 0 spiro atoms. The normalized spacial score (nSPS) is 10.4. The summed E-state index contributed by atoms with van der Waals surface area (Å²) < 4.78 is 0. The molecule has 0 radical (unpaired) electrons. The topological polar surface area (TPSA) is 182 Å². The standard InChI is InChI=1S/C5H12O4.C3H8O3.C2H6O2/c6-1-5(2-7,3-8)4-9;4-1-3(6)2-5;3-1-2-4/h6-9H,1-4H2;3-6H,1-2H2;3-4H,1-2H2. The van der Waals surface area contributed by atoms with E-state index in [-0.39, 0.29) is 26.4 Å². The SMILES string of the molecule is OCC(CO)(CO)CO.OCC(O)CO.OCCO. The highest BCUT2D eigenvalue weighted by molar-refractivity contribution is 4.74. The van der Waals surface area contributed by atoms with E-state index in [1.807, 2.05) is 0 Å². The first-order valence-corrected chi connectivity index (χ1v) is 5.52. The van der Waals surface area contributed by atoms with Crippen LogP contribution in [-0.2, 0) is 0 Å². The first-order chi connectivity index (χ1) is 8.96. The highest BCUT2D eigenvalue weighted by atomic mass is 16.3. The van der Waals surface area contributed by atoms with E-state index in [1.165, 1.54) is 0 Å². The molecule has 0 aromatic heterocycles. The molecule has 0 atom stereocenters. The third-order valence-electron chi connectivity index (χ3n) is 1.86. The van der Waals surface area contributed by atoms with Crippen molar-refractivity contribution in [2.45, 2.75) is 6.10 Å². The Labute approximate surface area is 111 Å². The Morgan fingerprint density at radius 3 is 0.842 bits per heavy atom. The molecule has 0 aliphatic heterocycles. The molecule has 9 heteroatoms. The molecule has 0 rings (SSSR count). The molecule has 0 aromatic carbocycles. The molecule has 0 amide bonds. The van der Waals surface area contributed by atoms with Gasteiger partial charge in [0.15, 0.2) is 0 Å². The van der Waals surface area contributed by atoms with E-state index in [9.17, 15) is 0 Å². The van der Waals surface area contributed by atoms with Crippen molar-refractivity contribution in [2.75, 3.05) is 52.9 Å². The van der Waals surface area contributed by atoms with Crippen molar-refractivity contribution in [2.24, 2.45) is 5.41 Å². The van der Waals surface area contributed by atoms with E-state index in [2.05, 4.69) is 0 Å². The minimum Gasteiger partial charge on any atom is -0.396 e. The maximum absolute atomic E-state index is 8.50. The van der Waals surface area contributed by atoms with Crippen LogP contribution >= 0.6 is 0 Å². The maximum atomic E-state index is 8.50. The molecule has 0 saturated carbocycles. The van der Waals surface area contributed by atoms with Gasteiger partial charge in [-0.2, -0.15) is 0 Å². The zero-order valence-electron chi connectivity index (χ0n) is 10.8. The van der Waals surface area contributed by atoms with Crippen molar-refractivity contribution in [3.05, 3.63) is 0 Å². The summed E-state index contributed by atoms with van der Waals surface area (Å²) in [6, 6.07) is 0. The molecular weight excluding hydrogens is 264 g/mol. The molecular formula is C10H26O9. The average molecular weight is 290 g/mol. The van der Waals surface area contributed by atoms with Gasteiger partial charge in [-0.1, -0.05) is 0 Å². The first-order valence-electron chi connectivity index (χ1n) is 5.52. The second-order valence-electron chi connectivity index (χ2n) is 3.60. The van der Waals surface area contributed by atoms with Crippen LogP contribution in [0.4, 0.5) is 0 Å². The van der Waals surface area contributed by atoms with Gasteiger partial charge in [-0.15, -0.1) is 0 Å². The highest BCUT2D eigenvalue weighted by Gasteiger charge is 2.26. The predicted molar refractivity (Wildman–Crippen MR) is 65.1 cm³/mol. The van der Waals surface area contributed by atoms with Gasteiger partial charge in [-0.3, -0.25) is 0 Å². The second kappa shape index (κ2) is 17.6. The predicted octanol–water partition coefficient (Wildman–Crippen LogP) is -4.76. The highest BCUT2D eigenvalue weighted by Crippen LogP contribution is 2.11. The van der Waals surface area contributed by atoms with Crippen LogP contribution in [0.15, 0.2) is 0 Å². The Bertz CT molecular complexity index is 128. The lowest BCUT2D eigenvalue weighted by atomic mass is 9.93. The summed E-state index contributed by atoms with van der Waals surface area (Å²) in [5, 5.41) is 73.3. The molecule has 0 aliphatic carbocycles. The van der Waals surface area contributed by atoms with Gasteiger partial charge < -0.3 is 46.0 Å². The van der Waals surface area contributed by atoms with Gasteiger partial charge in [0.05, 0.1) is 58.3 Å². The fraction of sp³-hybridized carbons (Fsp3) is 1.00. The third-order valence-corrected chi connectivity index (χ3v) is 1.86. The van der Waals surface area contributed by atoms with Crippen LogP contribution in [0.3, 0.4) is 0 Å². The van der Waals surface area contributed by atoms with Crippen LogP contribution in [-0.4, -0.2) is 105 Å². The van der Waals surface area contributed by atoms with Crippen molar-refractivity contribution in [1.29, 1.82) is 0 Å².